The molecule has 0 amide bonds. The molecule has 0 N–H and O–H groups in total. The molecule has 0 atom stereocenters. The summed E-state index contributed by atoms with van der Waals surface area (Å²) in [5, 5.41) is 2.06. The summed E-state index contributed by atoms with van der Waals surface area (Å²) in [5.74, 6) is 2.23. The molecule has 0 aliphatic heterocycles. The Kier molecular flexibility index (Phi) is 6.32. The molecular formula is C42H24N6O2. The van der Waals surface area contributed by atoms with Crippen LogP contribution in [0.4, 0.5) is 0 Å². The van der Waals surface area contributed by atoms with Gasteiger partial charge >= 0.3 is 0 Å². The van der Waals surface area contributed by atoms with Crippen LogP contribution < -0.4 is 0 Å². The summed E-state index contributed by atoms with van der Waals surface area (Å²) in [6, 6.07) is 43.9. The minimum atomic E-state index is 0.526. The van der Waals surface area contributed by atoms with Crippen LogP contribution in [-0.4, -0.2) is 29.9 Å². The molecule has 5 aromatic heterocycles. The minimum absolute atomic E-state index is 0.526. The summed E-state index contributed by atoms with van der Waals surface area (Å²) < 4.78 is 12.5. The average Bonchev–Trinajstić information content (AvgIpc) is 3.80. The minimum Gasteiger partial charge on any atom is -0.452 e. The second kappa shape index (κ2) is 11.3. The predicted molar refractivity (Wildman–Crippen MR) is 195 cm³/mol. The molecule has 0 radical (unpaired) electrons. The van der Waals surface area contributed by atoms with E-state index in [-0.39, 0.29) is 0 Å². The van der Waals surface area contributed by atoms with Crippen LogP contribution in [-0.2, 0) is 0 Å². The lowest BCUT2D eigenvalue weighted by Crippen LogP contribution is -2.01. The number of aromatic nitrogens is 6. The van der Waals surface area contributed by atoms with Gasteiger partial charge in [0.15, 0.2) is 28.6 Å². The van der Waals surface area contributed by atoms with E-state index in [9.17, 15) is 0 Å². The lowest BCUT2D eigenvalue weighted by Gasteiger charge is -2.11. The van der Waals surface area contributed by atoms with Gasteiger partial charge in [-0.15, -0.1) is 0 Å². The molecule has 0 aliphatic carbocycles. The average molecular weight is 645 g/mol. The monoisotopic (exact) mass is 644 g/mol. The van der Waals surface area contributed by atoms with Gasteiger partial charge in [-0.05, 0) is 48.0 Å². The Labute approximate surface area is 284 Å². The Morgan fingerprint density at radius 2 is 0.980 bits per heavy atom. The van der Waals surface area contributed by atoms with Gasteiger partial charge < -0.3 is 8.83 Å². The number of rotatable bonds is 5. The Morgan fingerprint density at radius 3 is 1.70 bits per heavy atom. The smallest absolute Gasteiger partial charge is 0.227 e. The zero-order valence-corrected chi connectivity index (χ0v) is 26.4. The molecule has 0 spiro atoms. The maximum absolute atomic E-state index is 6.31. The second-order valence-electron chi connectivity index (χ2n) is 11.9. The van der Waals surface area contributed by atoms with E-state index >= 15 is 0 Å². The van der Waals surface area contributed by atoms with Crippen LogP contribution in [0.15, 0.2) is 155 Å². The lowest BCUT2D eigenvalue weighted by molar-refractivity contribution is 0.603. The fourth-order valence-electron chi connectivity index (χ4n) is 6.47. The molecule has 8 heteroatoms. The van der Waals surface area contributed by atoms with Crippen molar-refractivity contribution in [3.8, 4) is 56.7 Å². The van der Waals surface area contributed by atoms with E-state index in [0.29, 0.717) is 40.0 Å². The van der Waals surface area contributed by atoms with E-state index < -0.39 is 0 Å². The normalized spacial score (nSPS) is 11.6. The first-order chi connectivity index (χ1) is 24.8. The Balaban J connectivity index is 1.05. The van der Waals surface area contributed by atoms with Crippen molar-refractivity contribution in [2.75, 3.05) is 0 Å². The Bertz CT molecular complexity index is 2810. The maximum Gasteiger partial charge on any atom is 0.227 e. The third-order valence-corrected chi connectivity index (χ3v) is 8.91. The molecule has 10 aromatic rings. The van der Waals surface area contributed by atoms with E-state index in [0.717, 1.165) is 60.8 Å². The number of benzene rings is 5. The van der Waals surface area contributed by atoms with Crippen LogP contribution >= 0.6 is 0 Å². The number of hydrogen-bond donors (Lipinski definition) is 0. The second-order valence-corrected chi connectivity index (χ2v) is 11.9. The molecule has 50 heavy (non-hydrogen) atoms. The third-order valence-electron chi connectivity index (χ3n) is 8.91. The van der Waals surface area contributed by atoms with Gasteiger partial charge in [-0.1, -0.05) is 91.0 Å². The predicted octanol–water partition coefficient (Wildman–Crippen LogP) is 10.2. The topological polar surface area (TPSA) is 104 Å². The molecule has 0 saturated carbocycles. The van der Waals surface area contributed by atoms with Crippen molar-refractivity contribution in [2.45, 2.75) is 0 Å². The van der Waals surface area contributed by atoms with Crippen LogP contribution in [0.5, 0.6) is 0 Å². The highest BCUT2D eigenvalue weighted by Gasteiger charge is 2.19. The van der Waals surface area contributed by atoms with Gasteiger partial charge in [0, 0.05) is 51.0 Å². The van der Waals surface area contributed by atoms with Crippen molar-refractivity contribution >= 4 is 44.1 Å². The Morgan fingerprint density at radius 1 is 0.380 bits per heavy atom. The van der Waals surface area contributed by atoms with Gasteiger partial charge in [0.1, 0.15) is 16.6 Å². The SMILES string of the molecule is c1ccc(-c2nc(-c3ccccc3)nc(-c3ccnc4c(-c5ccc(-c6nc7ccc8c9ccccc9oc8c7o6)cc5)ccnc34)n2)cc1. The maximum atomic E-state index is 6.31. The van der Waals surface area contributed by atoms with E-state index in [1.165, 1.54) is 0 Å². The number of oxazole rings is 1. The van der Waals surface area contributed by atoms with Gasteiger partial charge in [0.25, 0.3) is 0 Å². The van der Waals surface area contributed by atoms with Crippen molar-refractivity contribution < 1.29 is 8.83 Å². The molecule has 0 unspecified atom stereocenters. The number of fused-ring (bicyclic) bond motifs is 6. The molecule has 0 bridgehead atoms. The van der Waals surface area contributed by atoms with Crippen molar-refractivity contribution in [1.82, 2.24) is 29.9 Å². The third kappa shape index (κ3) is 4.62. The highest BCUT2D eigenvalue weighted by atomic mass is 16.4. The quantitative estimate of drug-likeness (QED) is 0.182. The van der Waals surface area contributed by atoms with Crippen LogP contribution in [0.1, 0.15) is 0 Å². The van der Waals surface area contributed by atoms with Crippen molar-refractivity contribution in [3.63, 3.8) is 0 Å². The fraction of sp³-hybridized carbons (Fsp3) is 0. The molecular weight excluding hydrogens is 621 g/mol. The summed E-state index contributed by atoms with van der Waals surface area (Å²) in [6.07, 6.45) is 3.58. The molecule has 8 nitrogen and oxygen atoms in total. The molecule has 10 rings (SSSR count). The highest BCUT2D eigenvalue weighted by Crippen LogP contribution is 2.37. The lowest BCUT2D eigenvalue weighted by atomic mass is 10.0. The van der Waals surface area contributed by atoms with Gasteiger partial charge in [0.2, 0.25) is 5.89 Å². The zero-order chi connectivity index (χ0) is 33.0. The summed E-state index contributed by atoms with van der Waals surface area (Å²) in [6.45, 7) is 0. The van der Waals surface area contributed by atoms with E-state index in [1.54, 1.807) is 12.4 Å². The van der Waals surface area contributed by atoms with Gasteiger partial charge in [-0.3, -0.25) is 9.97 Å². The number of hydrogen-bond acceptors (Lipinski definition) is 8. The van der Waals surface area contributed by atoms with Crippen LogP contribution in [0.25, 0.3) is 101 Å². The molecule has 5 heterocycles. The number of nitrogens with zero attached hydrogens (tertiary/aromatic N) is 6. The van der Waals surface area contributed by atoms with Crippen molar-refractivity contribution in [2.24, 2.45) is 0 Å². The van der Waals surface area contributed by atoms with Crippen LogP contribution in [0.2, 0.25) is 0 Å². The summed E-state index contributed by atoms with van der Waals surface area (Å²) in [7, 11) is 0. The van der Waals surface area contributed by atoms with Gasteiger partial charge in [0.05, 0.1) is 5.52 Å². The van der Waals surface area contributed by atoms with Crippen LogP contribution in [0, 0.1) is 0 Å². The molecule has 0 fully saturated rings. The number of pyridine rings is 2. The highest BCUT2D eigenvalue weighted by molar-refractivity contribution is 6.12. The first kappa shape index (κ1) is 28.0. The van der Waals surface area contributed by atoms with Crippen molar-refractivity contribution in [1.29, 1.82) is 0 Å². The molecule has 5 aromatic carbocycles. The van der Waals surface area contributed by atoms with Crippen molar-refractivity contribution in [3.05, 3.63) is 146 Å². The van der Waals surface area contributed by atoms with E-state index in [4.69, 9.17) is 38.7 Å². The number of furan rings is 1. The first-order valence-corrected chi connectivity index (χ1v) is 16.2. The fourth-order valence-corrected chi connectivity index (χ4v) is 6.47. The molecule has 0 aliphatic rings. The summed E-state index contributed by atoms with van der Waals surface area (Å²) in [5.41, 5.74) is 9.70. The van der Waals surface area contributed by atoms with E-state index in [2.05, 4.69) is 6.07 Å². The summed E-state index contributed by atoms with van der Waals surface area (Å²) >= 11 is 0. The Hall–Kier alpha value is -7.06. The summed E-state index contributed by atoms with van der Waals surface area (Å²) in [4.78, 5) is 29.1. The van der Waals surface area contributed by atoms with Crippen LogP contribution in [0.3, 0.4) is 0 Å². The van der Waals surface area contributed by atoms with E-state index in [1.807, 2.05) is 127 Å². The van der Waals surface area contributed by atoms with Gasteiger partial charge in [-0.25, -0.2) is 19.9 Å². The molecule has 234 valence electrons. The zero-order valence-electron chi connectivity index (χ0n) is 26.4. The molecule has 0 saturated heterocycles. The standard InChI is InChI=1S/C42H24N6O2/c1-3-9-26(10-4-1)39-46-40(27-11-5-2-6-12-27)48-41(47-39)32-22-24-43-35-29(21-23-44-36(32)35)25-15-17-28(18-16-25)42-45-33-20-19-31-30-13-7-8-14-34(30)49-37(31)38(33)50-42/h1-24H. The number of para-hydroxylation sites is 1. The van der Waals surface area contributed by atoms with Gasteiger partial charge in [-0.2, -0.15) is 0 Å². The largest absolute Gasteiger partial charge is 0.452 e. The first-order valence-electron chi connectivity index (χ1n) is 16.2.